The Kier molecular flexibility index (Phi) is 8.08. The minimum absolute atomic E-state index is 0.230. The molecule has 6 N–H and O–H groups in total. The molecule has 0 atom stereocenters. The van der Waals surface area contributed by atoms with Crippen LogP contribution in [0.4, 0.5) is 17.3 Å². The summed E-state index contributed by atoms with van der Waals surface area (Å²) in [6.07, 6.45) is 0.830. The number of nitrogen functional groups attached to an aromatic ring is 3. The molecule has 0 aliphatic rings. The van der Waals surface area contributed by atoms with Crippen molar-refractivity contribution in [1.82, 2.24) is 9.97 Å². The van der Waals surface area contributed by atoms with Crippen molar-refractivity contribution in [1.29, 1.82) is 0 Å². The smallest absolute Gasteiger partial charge is 0.306 e. The minimum Gasteiger partial charge on any atom is -0.466 e. The second-order valence-electron chi connectivity index (χ2n) is 4.59. The highest BCUT2D eigenvalue weighted by Gasteiger charge is 2.06. The summed E-state index contributed by atoms with van der Waals surface area (Å²) in [4.78, 5) is 18.7. The monoisotopic (exact) mass is 371 g/mol. The summed E-state index contributed by atoms with van der Waals surface area (Å²) in [7, 11) is 0. The first-order valence-corrected chi connectivity index (χ1v) is 7.83. The van der Waals surface area contributed by atoms with Gasteiger partial charge in [0.1, 0.15) is 21.9 Å². The van der Waals surface area contributed by atoms with Gasteiger partial charge in [0.15, 0.2) is 0 Å². The van der Waals surface area contributed by atoms with E-state index < -0.39 is 0 Å². The van der Waals surface area contributed by atoms with E-state index in [0.717, 1.165) is 5.56 Å². The van der Waals surface area contributed by atoms with Gasteiger partial charge in [0, 0.05) is 6.42 Å². The van der Waals surface area contributed by atoms with Gasteiger partial charge >= 0.3 is 5.97 Å². The fourth-order valence-electron chi connectivity index (χ4n) is 1.62. The van der Waals surface area contributed by atoms with E-state index in [1.807, 2.05) is 0 Å². The largest absolute Gasteiger partial charge is 0.466 e. The van der Waals surface area contributed by atoms with E-state index in [-0.39, 0.29) is 11.8 Å². The van der Waals surface area contributed by atoms with Crippen LogP contribution in [0.15, 0.2) is 24.3 Å². The van der Waals surface area contributed by atoms with Crippen LogP contribution in [0.1, 0.15) is 18.9 Å². The maximum Gasteiger partial charge on any atom is 0.306 e. The average Bonchev–Trinajstić information content (AvgIpc) is 2.51. The number of ether oxygens (including phenoxy) is 1. The third-order valence-electron chi connectivity index (χ3n) is 2.81. The van der Waals surface area contributed by atoms with Crippen molar-refractivity contribution < 1.29 is 9.53 Å². The summed E-state index contributed by atoms with van der Waals surface area (Å²) in [5.41, 5.74) is 17.5. The van der Waals surface area contributed by atoms with Crippen LogP contribution < -0.4 is 17.2 Å². The molecule has 2 aromatic rings. The van der Waals surface area contributed by atoms with Gasteiger partial charge in [0.25, 0.3) is 0 Å². The molecule has 0 bridgehead atoms. The second kappa shape index (κ2) is 9.79. The van der Waals surface area contributed by atoms with Crippen molar-refractivity contribution in [3.63, 3.8) is 0 Å². The average molecular weight is 372 g/mol. The molecular formula is C15H19Cl2N5O2. The van der Waals surface area contributed by atoms with Gasteiger partial charge in [0.2, 0.25) is 0 Å². The summed E-state index contributed by atoms with van der Waals surface area (Å²) >= 11 is 11.1. The third-order valence-corrected chi connectivity index (χ3v) is 3.23. The molecule has 2 aromatic heterocycles. The predicted molar refractivity (Wildman–Crippen MR) is 96.7 cm³/mol. The molecule has 0 fully saturated rings. The number of hydrogen-bond acceptors (Lipinski definition) is 7. The van der Waals surface area contributed by atoms with E-state index in [0.29, 0.717) is 41.3 Å². The van der Waals surface area contributed by atoms with Crippen molar-refractivity contribution in [2.24, 2.45) is 0 Å². The fraction of sp³-hybridized carbons (Fsp3) is 0.267. The highest BCUT2D eigenvalue weighted by atomic mass is 35.5. The molecule has 2 rings (SSSR count). The van der Waals surface area contributed by atoms with E-state index in [1.165, 1.54) is 0 Å². The zero-order valence-electron chi connectivity index (χ0n) is 13.1. The van der Waals surface area contributed by atoms with Crippen LogP contribution in [-0.2, 0) is 16.0 Å². The van der Waals surface area contributed by atoms with E-state index in [1.54, 1.807) is 31.2 Å². The summed E-state index contributed by atoms with van der Waals surface area (Å²) in [5, 5.41) is 0.717. The Morgan fingerprint density at radius 3 is 2.12 bits per heavy atom. The van der Waals surface area contributed by atoms with Crippen LogP contribution in [0.3, 0.4) is 0 Å². The van der Waals surface area contributed by atoms with Gasteiger partial charge in [-0.15, -0.1) is 0 Å². The van der Waals surface area contributed by atoms with Crippen molar-refractivity contribution in [2.45, 2.75) is 19.8 Å². The van der Waals surface area contributed by atoms with Gasteiger partial charge < -0.3 is 21.9 Å². The first-order chi connectivity index (χ1) is 11.3. The van der Waals surface area contributed by atoms with E-state index in [9.17, 15) is 4.79 Å². The highest BCUT2D eigenvalue weighted by Crippen LogP contribution is 2.15. The number of hydrogen-bond donors (Lipinski definition) is 3. The molecule has 0 aliphatic heterocycles. The van der Waals surface area contributed by atoms with E-state index >= 15 is 0 Å². The fourth-order valence-corrected chi connectivity index (χ4v) is 1.93. The number of aryl methyl sites for hydroxylation is 1. The number of carbonyl (C=O) groups excluding carboxylic acids is 1. The Morgan fingerprint density at radius 2 is 1.62 bits per heavy atom. The van der Waals surface area contributed by atoms with Gasteiger partial charge in [-0.2, -0.15) is 0 Å². The number of pyridine rings is 2. The highest BCUT2D eigenvalue weighted by molar-refractivity contribution is 6.29. The second-order valence-corrected chi connectivity index (χ2v) is 5.37. The zero-order chi connectivity index (χ0) is 18.1. The first kappa shape index (κ1) is 19.8. The number of esters is 1. The van der Waals surface area contributed by atoms with Crippen molar-refractivity contribution in [3.8, 4) is 0 Å². The van der Waals surface area contributed by atoms with E-state index in [4.69, 9.17) is 45.1 Å². The molecule has 0 radical (unpaired) electrons. The van der Waals surface area contributed by atoms with Gasteiger partial charge in [-0.1, -0.05) is 29.3 Å². The Morgan fingerprint density at radius 1 is 1.04 bits per heavy atom. The number of anilines is 3. The lowest BCUT2D eigenvalue weighted by atomic mass is 10.1. The zero-order valence-corrected chi connectivity index (χ0v) is 14.6. The SMILES string of the molecule is CCOC(=O)CCc1ccc(Cl)nc1N.Nc1ccc(Cl)nc1N. The minimum atomic E-state index is -0.230. The summed E-state index contributed by atoms with van der Waals surface area (Å²) in [5.74, 6) is 0.418. The van der Waals surface area contributed by atoms with Crippen LogP contribution in [-0.4, -0.2) is 22.5 Å². The van der Waals surface area contributed by atoms with Gasteiger partial charge in [-0.05, 0) is 37.1 Å². The lowest BCUT2D eigenvalue weighted by Gasteiger charge is -2.04. The molecule has 7 nitrogen and oxygen atoms in total. The Bertz CT molecular complexity index is 698. The topological polar surface area (TPSA) is 130 Å². The van der Waals surface area contributed by atoms with Crippen molar-refractivity contribution in [2.75, 3.05) is 23.8 Å². The number of halogens is 2. The molecule has 0 saturated heterocycles. The maximum atomic E-state index is 11.1. The summed E-state index contributed by atoms with van der Waals surface area (Å²) in [6.45, 7) is 2.17. The van der Waals surface area contributed by atoms with E-state index in [2.05, 4.69) is 9.97 Å². The summed E-state index contributed by atoms with van der Waals surface area (Å²) in [6, 6.07) is 6.63. The van der Waals surface area contributed by atoms with Gasteiger partial charge in [0.05, 0.1) is 12.3 Å². The first-order valence-electron chi connectivity index (χ1n) is 7.07. The molecule has 0 amide bonds. The lowest BCUT2D eigenvalue weighted by Crippen LogP contribution is -2.06. The molecule has 0 aliphatic carbocycles. The van der Waals surface area contributed by atoms with Crippen LogP contribution in [0.25, 0.3) is 0 Å². The molecule has 2 heterocycles. The molecule has 130 valence electrons. The van der Waals surface area contributed by atoms with Crippen LogP contribution in [0.2, 0.25) is 10.3 Å². The number of rotatable bonds is 4. The number of aromatic nitrogens is 2. The number of carbonyl (C=O) groups is 1. The van der Waals surface area contributed by atoms with Crippen LogP contribution >= 0.6 is 23.2 Å². The number of nitrogens with two attached hydrogens (primary N) is 3. The number of nitrogens with zero attached hydrogens (tertiary/aromatic N) is 2. The molecule has 24 heavy (non-hydrogen) atoms. The standard InChI is InChI=1S/C10H13ClN2O2.C5H6ClN3/c1-2-15-9(14)6-4-7-3-5-8(11)13-10(7)12;6-4-2-1-3(7)5(8)9-4/h3,5H,2,4,6H2,1H3,(H2,12,13);1-2H,7H2,(H2,8,9). The van der Waals surface area contributed by atoms with Crippen LogP contribution in [0.5, 0.6) is 0 Å². The molecule has 0 unspecified atom stereocenters. The summed E-state index contributed by atoms with van der Waals surface area (Å²) < 4.78 is 4.80. The third kappa shape index (κ3) is 6.89. The normalized spacial score (nSPS) is 9.79. The Balaban J connectivity index is 0.000000272. The molecular weight excluding hydrogens is 353 g/mol. The van der Waals surface area contributed by atoms with Gasteiger partial charge in [-0.25, -0.2) is 9.97 Å². The van der Waals surface area contributed by atoms with Crippen LogP contribution in [0, 0.1) is 0 Å². The molecule has 0 aromatic carbocycles. The molecule has 9 heteroatoms. The Hall–Kier alpha value is -2.25. The van der Waals surface area contributed by atoms with Gasteiger partial charge in [-0.3, -0.25) is 4.79 Å². The quantitative estimate of drug-likeness (QED) is 0.556. The van der Waals surface area contributed by atoms with Crippen molar-refractivity contribution in [3.05, 3.63) is 40.1 Å². The molecule has 0 spiro atoms. The maximum absolute atomic E-state index is 11.1. The Labute approximate surface area is 150 Å². The van der Waals surface area contributed by atoms with Crippen molar-refractivity contribution >= 4 is 46.5 Å². The molecule has 0 saturated carbocycles. The predicted octanol–water partition coefficient (Wildman–Crippen LogP) is 2.71. The lowest BCUT2D eigenvalue weighted by molar-refractivity contribution is -0.143.